The lowest BCUT2D eigenvalue weighted by Gasteiger charge is -2.29. The van der Waals surface area contributed by atoms with E-state index in [1.165, 1.54) is 0 Å². The van der Waals surface area contributed by atoms with Crippen LogP contribution in [0.1, 0.15) is 67.2 Å². The highest BCUT2D eigenvalue weighted by Gasteiger charge is 2.70. The highest BCUT2D eigenvalue weighted by molar-refractivity contribution is 5.11. The summed E-state index contributed by atoms with van der Waals surface area (Å²) in [7, 11) is 0. The second kappa shape index (κ2) is 3.68. The Hall–Kier alpha value is -0.140. The van der Waals surface area contributed by atoms with Crippen molar-refractivity contribution in [1.29, 1.82) is 0 Å². The van der Waals surface area contributed by atoms with E-state index in [1.807, 2.05) is 0 Å². The number of alkyl halides is 2. The molecule has 1 rings (SSSR count). The fourth-order valence-electron chi connectivity index (χ4n) is 2.56. The van der Waals surface area contributed by atoms with Crippen LogP contribution in [-0.4, -0.2) is 5.92 Å². The van der Waals surface area contributed by atoms with E-state index in [0.717, 1.165) is 6.42 Å². The van der Waals surface area contributed by atoms with Gasteiger partial charge in [0.2, 0.25) is 0 Å². The van der Waals surface area contributed by atoms with E-state index in [1.54, 1.807) is 0 Å². The molecule has 0 aromatic heterocycles. The molecule has 96 valence electrons. The lowest BCUT2D eigenvalue weighted by atomic mass is 9.77. The molecule has 0 aliphatic heterocycles. The molecule has 1 aliphatic rings. The first-order valence-corrected chi connectivity index (χ1v) is 6.25. The fourth-order valence-corrected chi connectivity index (χ4v) is 2.56. The van der Waals surface area contributed by atoms with Crippen LogP contribution in [0.5, 0.6) is 0 Å². The summed E-state index contributed by atoms with van der Waals surface area (Å²) in [5.74, 6) is -2.41. The van der Waals surface area contributed by atoms with Gasteiger partial charge in [-0.15, -0.1) is 0 Å². The predicted molar refractivity (Wildman–Crippen MR) is 64.8 cm³/mol. The average Bonchev–Trinajstić information content (AvgIpc) is 2.44. The van der Waals surface area contributed by atoms with Crippen molar-refractivity contribution in [2.45, 2.75) is 73.1 Å². The molecule has 0 amide bonds. The summed E-state index contributed by atoms with van der Waals surface area (Å²) >= 11 is 0. The maximum Gasteiger partial charge on any atom is 0.254 e. The summed E-state index contributed by atoms with van der Waals surface area (Å²) in [5, 5.41) is 0. The van der Waals surface area contributed by atoms with Crippen LogP contribution in [0.3, 0.4) is 0 Å². The molecule has 0 aromatic carbocycles. The number of halogens is 2. The quantitative estimate of drug-likeness (QED) is 0.621. The van der Waals surface area contributed by atoms with E-state index < -0.39 is 11.3 Å². The van der Waals surface area contributed by atoms with Gasteiger partial charge in [0.1, 0.15) is 0 Å². The standard InChI is InChI=1S/C14H26F2/c1-11(2,3)7-8-13(9-12(4,5)6)10-14(13,15)16/h7-10H2,1-6H3/t13-/m0/s1. The molecular formula is C14H26F2. The minimum absolute atomic E-state index is 0.00217. The first kappa shape index (κ1) is 13.9. The number of hydrogen-bond donors (Lipinski definition) is 0. The van der Waals surface area contributed by atoms with Crippen molar-refractivity contribution in [1.82, 2.24) is 0 Å². The second-order valence-corrected chi connectivity index (χ2v) is 7.96. The van der Waals surface area contributed by atoms with Crippen molar-refractivity contribution in [3.8, 4) is 0 Å². The zero-order valence-corrected chi connectivity index (χ0v) is 11.6. The zero-order chi connectivity index (χ0) is 12.8. The van der Waals surface area contributed by atoms with E-state index in [2.05, 4.69) is 41.5 Å². The van der Waals surface area contributed by atoms with E-state index in [-0.39, 0.29) is 17.3 Å². The Kier molecular flexibility index (Phi) is 3.20. The van der Waals surface area contributed by atoms with Gasteiger partial charge in [0.05, 0.1) is 0 Å². The van der Waals surface area contributed by atoms with Crippen LogP contribution in [0.15, 0.2) is 0 Å². The molecule has 0 unspecified atom stereocenters. The van der Waals surface area contributed by atoms with Gasteiger partial charge in [-0.05, 0) is 30.1 Å². The third-order valence-electron chi connectivity index (χ3n) is 3.43. The van der Waals surface area contributed by atoms with Crippen molar-refractivity contribution in [2.75, 3.05) is 0 Å². The molecule has 0 bridgehead atoms. The first-order chi connectivity index (χ1) is 6.87. The second-order valence-electron chi connectivity index (χ2n) is 7.96. The van der Waals surface area contributed by atoms with Crippen molar-refractivity contribution in [3.63, 3.8) is 0 Å². The van der Waals surface area contributed by atoms with Gasteiger partial charge in [-0.3, -0.25) is 0 Å². The summed E-state index contributed by atoms with van der Waals surface area (Å²) in [6.07, 6.45) is 2.30. The Bertz CT molecular complexity index is 255. The summed E-state index contributed by atoms with van der Waals surface area (Å²) in [6, 6.07) is 0. The molecule has 1 fully saturated rings. The highest BCUT2D eigenvalue weighted by Crippen LogP contribution is 2.68. The maximum atomic E-state index is 13.6. The molecule has 0 aromatic rings. The largest absolute Gasteiger partial charge is 0.254 e. The summed E-state index contributed by atoms with van der Waals surface area (Å²) in [5.41, 5.74) is -0.542. The van der Waals surface area contributed by atoms with E-state index in [9.17, 15) is 8.78 Å². The van der Waals surface area contributed by atoms with Crippen molar-refractivity contribution in [2.24, 2.45) is 16.2 Å². The molecule has 0 saturated heterocycles. The van der Waals surface area contributed by atoms with Crippen LogP contribution in [0, 0.1) is 16.2 Å². The predicted octanol–water partition coefficient (Wildman–Crippen LogP) is 5.27. The minimum atomic E-state index is -2.41. The van der Waals surface area contributed by atoms with Gasteiger partial charge in [-0.2, -0.15) is 0 Å². The SMILES string of the molecule is CC(C)(C)CC[C@]1(CC(C)(C)C)CC1(F)F. The van der Waals surface area contributed by atoms with E-state index >= 15 is 0 Å². The number of rotatable bonds is 3. The lowest BCUT2D eigenvalue weighted by Crippen LogP contribution is -2.22. The Balaban J connectivity index is 2.64. The first-order valence-electron chi connectivity index (χ1n) is 6.25. The molecule has 1 saturated carbocycles. The Labute approximate surface area is 98.8 Å². The molecule has 0 radical (unpaired) electrons. The van der Waals surface area contributed by atoms with Crippen LogP contribution in [0.2, 0.25) is 0 Å². The molecule has 16 heavy (non-hydrogen) atoms. The zero-order valence-electron chi connectivity index (χ0n) is 11.6. The smallest absolute Gasteiger partial charge is 0.206 e. The average molecular weight is 232 g/mol. The van der Waals surface area contributed by atoms with Crippen molar-refractivity contribution >= 4 is 0 Å². The lowest BCUT2D eigenvalue weighted by molar-refractivity contribution is 0.0372. The number of hydrogen-bond acceptors (Lipinski definition) is 0. The monoisotopic (exact) mass is 232 g/mol. The third-order valence-corrected chi connectivity index (χ3v) is 3.43. The van der Waals surface area contributed by atoms with Gasteiger partial charge < -0.3 is 0 Å². The van der Waals surface area contributed by atoms with Crippen LogP contribution in [0.4, 0.5) is 8.78 Å². The van der Waals surface area contributed by atoms with Gasteiger partial charge in [0.15, 0.2) is 0 Å². The van der Waals surface area contributed by atoms with E-state index in [4.69, 9.17) is 0 Å². The van der Waals surface area contributed by atoms with Crippen molar-refractivity contribution in [3.05, 3.63) is 0 Å². The van der Waals surface area contributed by atoms with Crippen LogP contribution in [0.25, 0.3) is 0 Å². The molecular weight excluding hydrogens is 206 g/mol. The Morgan fingerprint density at radius 2 is 1.38 bits per heavy atom. The van der Waals surface area contributed by atoms with Gasteiger partial charge >= 0.3 is 0 Å². The highest BCUT2D eigenvalue weighted by atomic mass is 19.3. The Morgan fingerprint density at radius 1 is 0.938 bits per heavy atom. The molecule has 0 spiro atoms. The van der Waals surface area contributed by atoms with Gasteiger partial charge in [-0.25, -0.2) is 8.78 Å². The molecule has 0 N–H and O–H groups in total. The molecule has 0 heterocycles. The van der Waals surface area contributed by atoms with Gasteiger partial charge in [0.25, 0.3) is 5.92 Å². The van der Waals surface area contributed by atoms with Gasteiger partial charge in [-0.1, -0.05) is 41.5 Å². The van der Waals surface area contributed by atoms with E-state index in [0.29, 0.717) is 12.8 Å². The van der Waals surface area contributed by atoms with Crippen molar-refractivity contribution < 1.29 is 8.78 Å². The van der Waals surface area contributed by atoms with Gasteiger partial charge in [0, 0.05) is 11.8 Å². The Morgan fingerprint density at radius 3 is 1.62 bits per heavy atom. The molecule has 1 aliphatic carbocycles. The molecule has 0 nitrogen and oxygen atoms in total. The van der Waals surface area contributed by atoms with Crippen LogP contribution >= 0.6 is 0 Å². The minimum Gasteiger partial charge on any atom is -0.206 e. The maximum absolute atomic E-state index is 13.6. The molecule has 2 heteroatoms. The normalized spacial score (nSPS) is 29.2. The third kappa shape index (κ3) is 3.43. The molecule has 1 atom stereocenters. The summed E-state index contributed by atoms with van der Waals surface area (Å²) < 4.78 is 27.1. The summed E-state index contributed by atoms with van der Waals surface area (Å²) in [6.45, 7) is 12.5. The van der Waals surface area contributed by atoms with Crippen LogP contribution in [-0.2, 0) is 0 Å². The van der Waals surface area contributed by atoms with Crippen LogP contribution < -0.4 is 0 Å². The summed E-state index contributed by atoms with van der Waals surface area (Å²) in [4.78, 5) is 0. The topological polar surface area (TPSA) is 0 Å². The fraction of sp³-hybridized carbons (Fsp3) is 1.00.